The highest BCUT2D eigenvalue weighted by Gasteiger charge is 2.43. The van der Waals surface area contributed by atoms with Crippen LogP contribution in [0.1, 0.15) is 29.2 Å². The number of benzene rings is 2. The number of amides is 2. The Morgan fingerprint density at radius 2 is 1.77 bits per heavy atom. The molecule has 2 amide bonds. The van der Waals surface area contributed by atoms with Crippen LogP contribution in [0.3, 0.4) is 0 Å². The molecule has 0 bridgehead atoms. The van der Waals surface area contributed by atoms with E-state index >= 15 is 0 Å². The van der Waals surface area contributed by atoms with Crippen molar-refractivity contribution in [3.8, 4) is 11.1 Å². The van der Waals surface area contributed by atoms with Crippen molar-refractivity contribution in [2.45, 2.75) is 24.8 Å². The average Bonchev–Trinajstić information content (AvgIpc) is 3.34. The fraction of sp³-hybridized carbons (Fsp3) is 0.308. The van der Waals surface area contributed by atoms with Gasteiger partial charge in [0.05, 0.1) is 12.2 Å². The number of carboxylic acid groups (broad SMARTS) is 1. The molecule has 1 saturated carbocycles. The number of carbonyl (C=O) groups excluding carboxylic acids is 2. The summed E-state index contributed by atoms with van der Waals surface area (Å²) in [6, 6.07) is 15.2. The molecule has 5 rings (SSSR count). The van der Waals surface area contributed by atoms with Crippen LogP contribution in [0.15, 0.2) is 61.1 Å². The van der Waals surface area contributed by atoms with Crippen LogP contribution in [-0.4, -0.2) is 52.2 Å². The molecule has 9 heteroatoms. The minimum atomic E-state index is -0.895. The van der Waals surface area contributed by atoms with Crippen molar-refractivity contribution < 1.29 is 24.2 Å². The fourth-order valence-corrected chi connectivity index (χ4v) is 4.74. The van der Waals surface area contributed by atoms with E-state index in [2.05, 4.69) is 32.7 Å². The topological polar surface area (TPSA) is 133 Å². The lowest BCUT2D eigenvalue weighted by atomic mass is 9.98. The quantitative estimate of drug-likeness (QED) is 0.377. The Hall–Kier alpha value is -4.14. The third-order valence-corrected chi connectivity index (χ3v) is 6.71. The van der Waals surface area contributed by atoms with Crippen molar-refractivity contribution in [2.24, 2.45) is 11.8 Å². The van der Waals surface area contributed by atoms with Crippen molar-refractivity contribution in [1.82, 2.24) is 20.6 Å². The van der Waals surface area contributed by atoms with Gasteiger partial charge >= 0.3 is 12.1 Å². The Morgan fingerprint density at radius 1 is 1.09 bits per heavy atom. The zero-order valence-corrected chi connectivity index (χ0v) is 18.9. The summed E-state index contributed by atoms with van der Waals surface area (Å²) in [7, 11) is 0. The molecule has 2 aromatic carbocycles. The number of aliphatic carboxylic acids is 1. The maximum absolute atomic E-state index is 12.8. The highest BCUT2D eigenvalue weighted by molar-refractivity contribution is 5.86. The van der Waals surface area contributed by atoms with Crippen LogP contribution in [0.5, 0.6) is 0 Å². The molecule has 3 aromatic rings. The molecule has 9 nitrogen and oxygen atoms in total. The predicted molar refractivity (Wildman–Crippen MR) is 127 cm³/mol. The number of carboxylic acids is 1. The molecule has 1 aromatic heterocycles. The van der Waals surface area contributed by atoms with Crippen LogP contribution in [0.2, 0.25) is 0 Å². The normalized spacial score (nSPS) is 18.7. The SMILES string of the molecule is O=C(N[C@@H](Cc1cnc[nH]1)C(=O)NC[C@@H]1C[C@@H]1C(=O)O)OCC1c2ccccc2-c2ccccc21. The summed E-state index contributed by atoms with van der Waals surface area (Å²) >= 11 is 0. The van der Waals surface area contributed by atoms with Gasteiger partial charge in [0.2, 0.25) is 5.91 Å². The van der Waals surface area contributed by atoms with E-state index in [1.165, 1.54) is 6.33 Å². The van der Waals surface area contributed by atoms with E-state index in [-0.39, 0.29) is 31.4 Å². The van der Waals surface area contributed by atoms with E-state index < -0.39 is 29.9 Å². The molecule has 2 aliphatic carbocycles. The van der Waals surface area contributed by atoms with Crippen molar-refractivity contribution in [3.05, 3.63) is 77.9 Å². The number of rotatable bonds is 9. The van der Waals surface area contributed by atoms with E-state index in [9.17, 15) is 14.4 Å². The van der Waals surface area contributed by atoms with Crippen molar-refractivity contribution >= 4 is 18.0 Å². The number of carbonyl (C=O) groups is 3. The first-order valence-corrected chi connectivity index (χ1v) is 11.6. The Morgan fingerprint density at radius 3 is 2.37 bits per heavy atom. The lowest BCUT2D eigenvalue weighted by Gasteiger charge is -2.19. The molecule has 0 saturated heterocycles. The first kappa shape index (κ1) is 22.6. The number of fused-ring (bicyclic) bond motifs is 3. The zero-order chi connectivity index (χ0) is 24.4. The number of H-pyrrole nitrogens is 1. The van der Waals surface area contributed by atoms with Gasteiger partial charge < -0.3 is 25.5 Å². The van der Waals surface area contributed by atoms with Gasteiger partial charge in [0, 0.05) is 30.8 Å². The molecule has 2 aliphatic rings. The van der Waals surface area contributed by atoms with Gasteiger partial charge in [0.25, 0.3) is 0 Å². The molecule has 35 heavy (non-hydrogen) atoms. The van der Waals surface area contributed by atoms with Gasteiger partial charge in [-0.05, 0) is 34.6 Å². The van der Waals surface area contributed by atoms with Crippen molar-refractivity contribution in [2.75, 3.05) is 13.2 Å². The van der Waals surface area contributed by atoms with Gasteiger partial charge in [0.15, 0.2) is 0 Å². The summed E-state index contributed by atoms with van der Waals surface area (Å²) in [5.74, 6) is -1.84. The van der Waals surface area contributed by atoms with Crippen LogP contribution in [0, 0.1) is 11.8 Å². The van der Waals surface area contributed by atoms with E-state index in [4.69, 9.17) is 9.84 Å². The highest BCUT2D eigenvalue weighted by Crippen LogP contribution is 2.44. The molecule has 1 heterocycles. The number of nitrogens with one attached hydrogen (secondary N) is 3. The first-order valence-electron chi connectivity index (χ1n) is 11.6. The summed E-state index contributed by atoms with van der Waals surface area (Å²) < 4.78 is 5.59. The van der Waals surface area contributed by atoms with E-state index in [1.54, 1.807) is 6.20 Å². The summed E-state index contributed by atoms with van der Waals surface area (Å²) in [5, 5.41) is 14.5. The minimum absolute atomic E-state index is 0.0845. The van der Waals surface area contributed by atoms with Crippen LogP contribution in [0.25, 0.3) is 11.1 Å². The Bertz CT molecular complexity index is 1200. The molecular formula is C26H26N4O5. The Kier molecular flexibility index (Phi) is 6.22. The van der Waals surface area contributed by atoms with Gasteiger partial charge in [-0.3, -0.25) is 9.59 Å². The standard InChI is InChI=1S/C26H26N4O5/c31-24(28-11-15-9-21(15)25(32)33)23(10-16-12-27-14-29-16)30-26(34)35-13-22-19-7-3-1-5-17(19)18-6-2-4-8-20(18)22/h1-8,12,14-15,21-23H,9-11,13H2,(H,27,29)(H,28,31)(H,30,34)(H,32,33)/t15-,21-,23-/m0/s1. The van der Waals surface area contributed by atoms with Gasteiger partial charge in [0.1, 0.15) is 12.6 Å². The number of aromatic amines is 1. The second-order valence-corrected chi connectivity index (χ2v) is 8.99. The van der Waals surface area contributed by atoms with E-state index in [0.717, 1.165) is 22.3 Å². The van der Waals surface area contributed by atoms with Gasteiger partial charge in [-0.25, -0.2) is 9.78 Å². The summed E-state index contributed by atoms with van der Waals surface area (Å²) in [6.07, 6.45) is 3.13. The van der Waals surface area contributed by atoms with Crippen LogP contribution < -0.4 is 10.6 Å². The first-order chi connectivity index (χ1) is 17.0. The molecule has 180 valence electrons. The van der Waals surface area contributed by atoms with Crippen LogP contribution in [0.4, 0.5) is 4.79 Å². The van der Waals surface area contributed by atoms with Crippen molar-refractivity contribution in [1.29, 1.82) is 0 Å². The molecule has 3 atom stereocenters. The summed E-state index contributed by atoms with van der Waals surface area (Å²) in [6.45, 7) is 0.391. The molecular weight excluding hydrogens is 448 g/mol. The van der Waals surface area contributed by atoms with E-state index in [0.29, 0.717) is 12.1 Å². The smallest absolute Gasteiger partial charge is 0.407 e. The third kappa shape index (κ3) is 4.89. The van der Waals surface area contributed by atoms with Gasteiger partial charge in [-0.1, -0.05) is 48.5 Å². The molecule has 4 N–H and O–H groups in total. The lowest BCUT2D eigenvalue weighted by Crippen LogP contribution is -2.49. The van der Waals surface area contributed by atoms with Gasteiger partial charge in [-0.15, -0.1) is 0 Å². The van der Waals surface area contributed by atoms with Gasteiger partial charge in [-0.2, -0.15) is 0 Å². The van der Waals surface area contributed by atoms with Crippen molar-refractivity contribution in [3.63, 3.8) is 0 Å². The summed E-state index contributed by atoms with van der Waals surface area (Å²) in [5.41, 5.74) is 5.15. The predicted octanol–water partition coefficient (Wildman–Crippen LogP) is 2.70. The van der Waals surface area contributed by atoms with Crippen LogP contribution >= 0.6 is 0 Å². The maximum atomic E-state index is 12.8. The molecule has 0 radical (unpaired) electrons. The zero-order valence-electron chi connectivity index (χ0n) is 18.9. The average molecular weight is 475 g/mol. The number of ether oxygens (including phenoxy) is 1. The maximum Gasteiger partial charge on any atom is 0.407 e. The third-order valence-electron chi connectivity index (χ3n) is 6.71. The molecule has 0 unspecified atom stereocenters. The number of aromatic nitrogens is 2. The number of imidazole rings is 1. The Balaban J connectivity index is 1.22. The monoisotopic (exact) mass is 474 g/mol. The minimum Gasteiger partial charge on any atom is -0.481 e. The number of hydrogen-bond donors (Lipinski definition) is 4. The largest absolute Gasteiger partial charge is 0.481 e. The lowest BCUT2D eigenvalue weighted by molar-refractivity contribution is -0.139. The number of nitrogens with zero attached hydrogens (tertiary/aromatic N) is 1. The second kappa shape index (κ2) is 9.61. The number of hydrogen-bond acceptors (Lipinski definition) is 5. The molecule has 1 fully saturated rings. The van der Waals surface area contributed by atoms with Crippen LogP contribution in [-0.2, 0) is 20.7 Å². The highest BCUT2D eigenvalue weighted by atomic mass is 16.5. The number of alkyl carbamates (subject to hydrolysis) is 1. The molecule has 0 spiro atoms. The van der Waals surface area contributed by atoms with E-state index in [1.807, 2.05) is 36.4 Å². The fourth-order valence-electron chi connectivity index (χ4n) is 4.74. The molecule has 0 aliphatic heterocycles. The Labute approximate surface area is 201 Å². The second-order valence-electron chi connectivity index (χ2n) is 8.99. The summed E-state index contributed by atoms with van der Waals surface area (Å²) in [4.78, 5) is 43.5.